The van der Waals surface area contributed by atoms with Gasteiger partial charge in [-0.3, -0.25) is 0 Å². The van der Waals surface area contributed by atoms with Crippen molar-refractivity contribution in [2.24, 2.45) is 0 Å². The standard InChI is InChI=1S/C52H34N2O/c1-2-14-35(15-3-1)38-18-12-20-40(32-38)53(42-29-28-36-16-4-5-17-37(36)33-42)49-31-30-43(52-51(49)46-24-8-11-27-50(46)55-52)39-19-13-21-41(34-39)54-47-25-9-6-22-44(47)45-23-7-10-26-48(45)54/h1-34H. The minimum absolute atomic E-state index is 0.862. The van der Waals surface area contributed by atoms with Crippen molar-refractivity contribution >= 4 is 71.6 Å². The van der Waals surface area contributed by atoms with E-state index in [1.54, 1.807) is 0 Å². The smallest absolute Gasteiger partial charge is 0.145 e. The summed E-state index contributed by atoms with van der Waals surface area (Å²) in [7, 11) is 0. The third-order valence-corrected chi connectivity index (χ3v) is 10.9. The number of rotatable bonds is 6. The molecule has 3 heteroatoms. The van der Waals surface area contributed by atoms with Crippen LogP contribution in [0.2, 0.25) is 0 Å². The Morgan fingerprint density at radius 1 is 0.400 bits per heavy atom. The molecule has 9 aromatic carbocycles. The van der Waals surface area contributed by atoms with Gasteiger partial charge in [0.1, 0.15) is 11.2 Å². The summed E-state index contributed by atoms with van der Waals surface area (Å²) >= 11 is 0. The summed E-state index contributed by atoms with van der Waals surface area (Å²) in [6.45, 7) is 0. The molecule has 0 bridgehead atoms. The predicted molar refractivity (Wildman–Crippen MR) is 231 cm³/mol. The van der Waals surface area contributed by atoms with E-state index < -0.39 is 0 Å². The van der Waals surface area contributed by atoms with Gasteiger partial charge in [-0.15, -0.1) is 0 Å². The summed E-state index contributed by atoms with van der Waals surface area (Å²) in [6, 6.07) is 73.9. The van der Waals surface area contributed by atoms with Gasteiger partial charge in [0.2, 0.25) is 0 Å². The number of nitrogens with zero attached hydrogens (tertiary/aromatic N) is 2. The van der Waals surface area contributed by atoms with E-state index in [9.17, 15) is 0 Å². The van der Waals surface area contributed by atoms with Gasteiger partial charge in [0, 0.05) is 38.8 Å². The first-order chi connectivity index (χ1) is 27.3. The highest BCUT2D eigenvalue weighted by molar-refractivity contribution is 6.17. The van der Waals surface area contributed by atoms with E-state index in [0.717, 1.165) is 61.4 Å². The molecular formula is C52H34N2O. The molecule has 0 fully saturated rings. The number of fused-ring (bicyclic) bond motifs is 7. The number of hydrogen-bond acceptors (Lipinski definition) is 2. The Bertz CT molecular complexity index is 3170. The van der Waals surface area contributed by atoms with E-state index in [2.05, 4.69) is 216 Å². The van der Waals surface area contributed by atoms with Gasteiger partial charge in [-0.05, 0) is 94.2 Å². The first kappa shape index (κ1) is 31.2. The second kappa shape index (κ2) is 12.6. The molecule has 0 radical (unpaired) electrons. The van der Waals surface area contributed by atoms with Gasteiger partial charge in [-0.2, -0.15) is 0 Å². The maximum atomic E-state index is 6.90. The van der Waals surface area contributed by atoms with E-state index in [0.29, 0.717) is 0 Å². The van der Waals surface area contributed by atoms with E-state index in [-0.39, 0.29) is 0 Å². The van der Waals surface area contributed by atoms with Crippen LogP contribution in [0, 0.1) is 0 Å². The zero-order chi connectivity index (χ0) is 36.3. The molecule has 0 amide bonds. The van der Waals surface area contributed by atoms with Crippen LogP contribution in [0.5, 0.6) is 0 Å². The fourth-order valence-corrected chi connectivity index (χ4v) is 8.44. The molecule has 0 atom stereocenters. The van der Waals surface area contributed by atoms with Crippen molar-refractivity contribution in [2.45, 2.75) is 0 Å². The van der Waals surface area contributed by atoms with Crippen LogP contribution in [0.1, 0.15) is 0 Å². The van der Waals surface area contributed by atoms with Crippen molar-refractivity contribution in [3.8, 4) is 27.9 Å². The molecule has 2 heterocycles. The number of anilines is 3. The topological polar surface area (TPSA) is 21.3 Å². The summed E-state index contributed by atoms with van der Waals surface area (Å²) in [6.07, 6.45) is 0. The lowest BCUT2D eigenvalue weighted by Gasteiger charge is -2.27. The van der Waals surface area contributed by atoms with Gasteiger partial charge >= 0.3 is 0 Å². The molecule has 0 aliphatic rings. The SMILES string of the molecule is c1ccc(-c2cccc(N(c3ccc4ccccc4c3)c3ccc(-c4cccc(-n5c6ccccc6c6ccccc65)c4)c4oc5ccccc5c34)c2)cc1. The van der Waals surface area contributed by atoms with Gasteiger partial charge in [0.05, 0.1) is 22.1 Å². The van der Waals surface area contributed by atoms with Crippen molar-refractivity contribution in [3.05, 3.63) is 206 Å². The van der Waals surface area contributed by atoms with Crippen LogP contribution in [0.3, 0.4) is 0 Å². The molecule has 0 aliphatic carbocycles. The van der Waals surface area contributed by atoms with Gasteiger partial charge in [-0.1, -0.05) is 140 Å². The number of furan rings is 1. The maximum Gasteiger partial charge on any atom is 0.145 e. The molecule has 55 heavy (non-hydrogen) atoms. The zero-order valence-electron chi connectivity index (χ0n) is 29.9. The van der Waals surface area contributed by atoms with E-state index in [1.807, 2.05) is 0 Å². The molecule has 11 rings (SSSR count). The number of benzene rings is 9. The molecule has 258 valence electrons. The van der Waals surface area contributed by atoms with Crippen molar-refractivity contribution in [1.29, 1.82) is 0 Å². The van der Waals surface area contributed by atoms with Crippen LogP contribution in [-0.2, 0) is 0 Å². The molecule has 0 spiro atoms. The van der Waals surface area contributed by atoms with Crippen molar-refractivity contribution < 1.29 is 4.42 Å². The largest absolute Gasteiger partial charge is 0.455 e. The molecule has 0 saturated carbocycles. The zero-order valence-corrected chi connectivity index (χ0v) is 29.9. The van der Waals surface area contributed by atoms with Crippen LogP contribution in [0.4, 0.5) is 17.1 Å². The van der Waals surface area contributed by atoms with Gasteiger partial charge < -0.3 is 13.9 Å². The Morgan fingerprint density at radius 2 is 1.04 bits per heavy atom. The lowest BCUT2D eigenvalue weighted by molar-refractivity contribution is 0.670. The third-order valence-electron chi connectivity index (χ3n) is 10.9. The van der Waals surface area contributed by atoms with Crippen molar-refractivity contribution in [3.63, 3.8) is 0 Å². The maximum absolute atomic E-state index is 6.90. The molecule has 0 N–H and O–H groups in total. The predicted octanol–water partition coefficient (Wildman–Crippen LogP) is 14.6. The summed E-state index contributed by atoms with van der Waals surface area (Å²) in [5.41, 5.74) is 12.9. The molecule has 3 nitrogen and oxygen atoms in total. The fourth-order valence-electron chi connectivity index (χ4n) is 8.44. The molecule has 0 saturated heterocycles. The summed E-state index contributed by atoms with van der Waals surface area (Å²) in [4.78, 5) is 2.39. The minimum Gasteiger partial charge on any atom is -0.455 e. The van der Waals surface area contributed by atoms with Gasteiger partial charge in [0.25, 0.3) is 0 Å². The highest BCUT2D eigenvalue weighted by Gasteiger charge is 2.23. The Hall–Kier alpha value is -7.36. The first-order valence-electron chi connectivity index (χ1n) is 18.8. The second-order valence-electron chi connectivity index (χ2n) is 14.1. The van der Waals surface area contributed by atoms with Crippen molar-refractivity contribution in [1.82, 2.24) is 4.57 Å². The quantitative estimate of drug-likeness (QED) is 0.172. The van der Waals surface area contributed by atoms with Gasteiger partial charge in [-0.25, -0.2) is 0 Å². The van der Waals surface area contributed by atoms with Crippen LogP contribution < -0.4 is 4.90 Å². The minimum atomic E-state index is 0.862. The van der Waals surface area contributed by atoms with E-state index in [4.69, 9.17) is 4.42 Å². The monoisotopic (exact) mass is 702 g/mol. The highest BCUT2D eigenvalue weighted by Crippen LogP contribution is 2.47. The molecule has 0 aliphatic heterocycles. The fraction of sp³-hybridized carbons (Fsp3) is 0. The summed E-state index contributed by atoms with van der Waals surface area (Å²) in [5.74, 6) is 0. The summed E-state index contributed by atoms with van der Waals surface area (Å²) in [5, 5.41) is 7.06. The molecule has 11 aromatic rings. The van der Waals surface area contributed by atoms with Crippen LogP contribution in [0.15, 0.2) is 211 Å². The average molecular weight is 703 g/mol. The first-order valence-corrected chi connectivity index (χ1v) is 18.8. The Morgan fingerprint density at radius 3 is 1.85 bits per heavy atom. The second-order valence-corrected chi connectivity index (χ2v) is 14.1. The number of aromatic nitrogens is 1. The van der Waals surface area contributed by atoms with E-state index >= 15 is 0 Å². The number of para-hydroxylation sites is 3. The Labute approximate surface area is 318 Å². The third kappa shape index (κ3) is 5.13. The average Bonchev–Trinajstić information content (AvgIpc) is 3.81. The summed E-state index contributed by atoms with van der Waals surface area (Å²) < 4.78 is 9.28. The van der Waals surface area contributed by atoms with Crippen LogP contribution >= 0.6 is 0 Å². The lowest BCUT2D eigenvalue weighted by atomic mass is 9.98. The van der Waals surface area contributed by atoms with Crippen LogP contribution in [0.25, 0.3) is 82.5 Å². The Balaban J connectivity index is 1.15. The Kier molecular flexibility index (Phi) is 7.17. The molecule has 2 aromatic heterocycles. The van der Waals surface area contributed by atoms with Crippen LogP contribution in [-0.4, -0.2) is 4.57 Å². The molecule has 0 unspecified atom stereocenters. The normalized spacial score (nSPS) is 11.6. The van der Waals surface area contributed by atoms with Gasteiger partial charge in [0.15, 0.2) is 0 Å². The van der Waals surface area contributed by atoms with E-state index in [1.165, 1.54) is 38.1 Å². The number of hydrogen-bond donors (Lipinski definition) is 0. The van der Waals surface area contributed by atoms with Crippen molar-refractivity contribution in [2.75, 3.05) is 4.90 Å². The molecular weight excluding hydrogens is 669 g/mol. The highest BCUT2D eigenvalue weighted by atomic mass is 16.3. The lowest BCUT2D eigenvalue weighted by Crippen LogP contribution is -2.10.